The second-order valence-corrected chi connectivity index (χ2v) is 8.28. The number of nitrogens with zero attached hydrogens (tertiary/aromatic N) is 3. The summed E-state index contributed by atoms with van der Waals surface area (Å²) < 4.78 is 26.8. The van der Waals surface area contributed by atoms with Gasteiger partial charge in [0.1, 0.15) is 34.4 Å². The summed E-state index contributed by atoms with van der Waals surface area (Å²) in [5.41, 5.74) is 2.11. The predicted molar refractivity (Wildman–Crippen MR) is 135 cm³/mol. The molecule has 182 valence electrons. The zero-order valence-electron chi connectivity index (χ0n) is 19.1. The van der Waals surface area contributed by atoms with Gasteiger partial charge in [0, 0.05) is 30.1 Å². The Kier molecular flexibility index (Phi) is 7.73. The third-order valence-electron chi connectivity index (χ3n) is 5.29. The largest absolute Gasteiger partial charge is 0.493 e. The maximum atomic E-state index is 14.4. The lowest BCUT2D eigenvalue weighted by Gasteiger charge is -2.12. The summed E-state index contributed by atoms with van der Waals surface area (Å²) in [5, 5.41) is 4.61. The van der Waals surface area contributed by atoms with E-state index in [1.807, 2.05) is 6.92 Å². The Morgan fingerprint density at radius 3 is 2.69 bits per heavy atom. The number of nitrogens with one attached hydrogen (secondary N) is 1. The first-order valence-corrected chi connectivity index (χ1v) is 11.8. The average Bonchev–Trinajstić information content (AvgIpc) is 3.19. The summed E-state index contributed by atoms with van der Waals surface area (Å²) in [7, 11) is 0. The summed E-state index contributed by atoms with van der Waals surface area (Å²) in [5.74, 6) is 0.165. The third kappa shape index (κ3) is 5.33. The first-order valence-electron chi connectivity index (χ1n) is 11.1. The van der Waals surface area contributed by atoms with Gasteiger partial charge >= 0.3 is 5.97 Å². The maximum Gasteiger partial charge on any atom is 0.341 e. The van der Waals surface area contributed by atoms with E-state index >= 15 is 0 Å². The Balaban J connectivity index is 1.52. The zero-order valence-corrected chi connectivity index (χ0v) is 20.7. The highest BCUT2D eigenvalue weighted by molar-refractivity contribution is 6.37. The number of rotatable bonds is 9. The van der Waals surface area contributed by atoms with E-state index in [2.05, 4.69) is 15.3 Å². The summed E-state index contributed by atoms with van der Waals surface area (Å²) >= 11 is 12.5. The number of carbonyl (C=O) groups excluding carboxylic acids is 1. The van der Waals surface area contributed by atoms with Crippen LogP contribution < -0.4 is 10.1 Å². The Labute approximate surface area is 211 Å². The summed E-state index contributed by atoms with van der Waals surface area (Å²) in [6.07, 6.45) is 1.44. The smallest absolute Gasteiger partial charge is 0.341 e. The molecular formula is C25H23Cl2FN4O3. The first kappa shape index (κ1) is 24.8. The highest BCUT2D eigenvalue weighted by Crippen LogP contribution is 2.32. The van der Waals surface area contributed by atoms with Crippen LogP contribution in [-0.4, -0.2) is 40.3 Å². The van der Waals surface area contributed by atoms with Crippen molar-refractivity contribution in [3.05, 3.63) is 70.3 Å². The van der Waals surface area contributed by atoms with Gasteiger partial charge < -0.3 is 19.4 Å². The number of fused-ring (bicyclic) bond motifs is 1. The molecule has 2 aromatic carbocycles. The predicted octanol–water partition coefficient (Wildman–Crippen LogP) is 6.23. The fourth-order valence-electron chi connectivity index (χ4n) is 3.73. The topological polar surface area (TPSA) is 78.3 Å². The molecule has 0 spiro atoms. The standard InChI is InChI=1S/C25H23Cl2FN4O3/c1-3-34-21-11-15(5-6-16(21)25(33)35-4-2)20-13-23(31-14-30-20)29-9-10-32-22(27)12-17-18(26)7-8-19(28)24(17)32/h5-8,11-14H,3-4,9-10H2,1-2H3,(H,29,30,31). The Bertz CT molecular complexity index is 1380. The number of hydrogen-bond acceptors (Lipinski definition) is 6. The molecule has 0 bridgehead atoms. The van der Waals surface area contributed by atoms with Crippen molar-refractivity contribution in [3.63, 3.8) is 0 Å². The van der Waals surface area contributed by atoms with E-state index < -0.39 is 11.8 Å². The van der Waals surface area contributed by atoms with Crippen LogP contribution in [0.4, 0.5) is 10.2 Å². The third-order valence-corrected chi connectivity index (χ3v) is 5.93. The molecule has 0 unspecified atom stereocenters. The normalized spacial score (nSPS) is 11.0. The van der Waals surface area contributed by atoms with Crippen LogP contribution in [0.25, 0.3) is 22.2 Å². The van der Waals surface area contributed by atoms with E-state index in [-0.39, 0.29) is 6.61 Å². The van der Waals surface area contributed by atoms with Gasteiger partial charge in [-0.05, 0) is 44.2 Å². The van der Waals surface area contributed by atoms with Crippen LogP contribution in [0.5, 0.6) is 5.75 Å². The van der Waals surface area contributed by atoms with Crippen LogP contribution in [0.15, 0.2) is 48.8 Å². The van der Waals surface area contributed by atoms with Crippen LogP contribution in [0.2, 0.25) is 10.2 Å². The molecular weight excluding hydrogens is 494 g/mol. The van der Waals surface area contributed by atoms with Gasteiger partial charge in [-0.25, -0.2) is 19.2 Å². The maximum absolute atomic E-state index is 14.4. The number of anilines is 1. The van der Waals surface area contributed by atoms with E-state index in [0.29, 0.717) is 63.6 Å². The molecule has 2 heterocycles. The average molecular weight is 517 g/mol. The molecule has 4 aromatic rings. The van der Waals surface area contributed by atoms with E-state index in [0.717, 1.165) is 5.56 Å². The molecule has 0 saturated heterocycles. The van der Waals surface area contributed by atoms with Gasteiger partial charge in [-0.15, -0.1) is 0 Å². The lowest BCUT2D eigenvalue weighted by Crippen LogP contribution is -2.12. The van der Waals surface area contributed by atoms with Crippen LogP contribution >= 0.6 is 23.2 Å². The highest BCUT2D eigenvalue weighted by Gasteiger charge is 2.16. The molecule has 1 N–H and O–H groups in total. The van der Waals surface area contributed by atoms with Crippen LogP contribution in [0.1, 0.15) is 24.2 Å². The summed E-state index contributed by atoms with van der Waals surface area (Å²) in [6, 6.07) is 11.5. The second-order valence-electron chi connectivity index (χ2n) is 7.49. The van der Waals surface area contributed by atoms with Crippen molar-refractivity contribution in [2.24, 2.45) is 0 Å². The molecule has 0 aliphatic rings. The Morgan fingerprint density at radius 1 is 1.09 bits per heavy atom. The van der Waals surface area contributed by atoms with Crippen LogP contribution in [0, 0.1) is 5.82 Å². The van der Waals surface area contributed by atoms with Gasteiger partial charge in [-0.3, -0.25) is 0 Å². The number of carbonyl (C=O) groups is 1. The number of hydrogen-bond donors (Lipinski definition) is 1. The van der Waals surface area contributed by atoms with Crippen molar-refractivity contribution < 1.29 is 18.7 Å². The van der Waals surface area contributed by atoms with Gasteiger partial charge in [0.05, 0.1) is 29.4 Å². The minimum atomic E-state index is -0.443. The number of aromatic nitrogens is 3. The number of halogens is 3. The van der Waals surface area contributed by atoms with E-state index in [1.165, 1.54) is 18.5 Å². The monoisotopic (exact) mass is 516 g/mol. The molecule has 2 aromatic heterocycles. The zero-order chi connectivity index (χ0) is 24.9. The van der Waals surface area contributed by atoms with Crippen molar-refractivity contribution in [3.8, 4) is 17.0 Å². The fourth-order valence-corrected chi connectivity index (χ4v) is 4.22. The molecule has 0 atom stereocenters. The molecule has 0 aliphatic heterocycles. The molecule has 0 aliphatic carbocycles. The first-order chi connectivity index (χ1) is 16.9. The van der Waals surface area contributed by atoms with Gasteiger partial charge in [0.2, 0.25) is 0 Å². The van der Waals surface area contributed by atoms with Crippen molar-refractivity contribution >= 4 is 45.9 Å². The van der Waals surface area contributed by atoms with Crippen molar-refractivity contribution in [1.82, 2.24) is 14.5 Å². The number of esters is 1. The highest BCUT2D eigenvalue weighted by atomic mass is 35.5. The Hall–Kier alpha value is -3.36. The van der Waals surface area contributed by atoms with Gasteiger partial charge in [0.15, 0.2) is 0 Å². The minimum Gasteiger partial charge on any atom is -0.493 e. The van der Waals surface area contributed by atoms with Gasteiger partial charge in [-0.2, -0.15) is 0 Å². The SMILES string of the molecule is CCOC(=O)c1ccc(-c2cc(NCCn3c(Cl)cc4c(Cl)ccc(F)c43)ncn2)cc1OCC. The van der Waals surface area contributed by atoms with E-state index in [1.54, 1.807) is 41.8 Å². The number of benzene rings is 2. The molecule has 35 heavy (non-hydrogen) atoms. The molecule has 0 radical (unpaired) electrons. The fraction of sp³-hybridized carbons (Fsp3) is 0.240. The molecule has 0 fully saturated rings. The summed E-state index contributed by atoms with van der Waals surface area (Å²) in [4.78, 5) is 20.8. The molecule has 7 nitrogen and oxygen atoms in total. The lowest BCUT2D eigenvalue weighted by atomic mass is 10.1. The van der Waals surface area contributed by atoms with E-state index in [9.17, 15) is 9.18 Å². The van der Waals surface area contributed by atoms with Crippen molar-refractivity contribution in [2.75, 3.05) is 25.1 Å². The van der Waals surface area contributed by atoms with Crippen LogP contribution in [-0.2, 0) is 11.3 Å². The molecule has 10 heteroatoms. The minimum absolute atomic E-state index is 0.275. The van der Waals surface area contributed by atoms with Crippen molar-refractivity contribution in [1.29, 1.82) is 0 Å². The molecule has 0 amide bonds. The van der Waals surface area contributed by atoms with Crippen LogP contribution in [0.3, 0.4) is 0 Å². The number of ether oxygens (including phenoxy) is 2. The van der Waals surface area contributed by atoms with E-state index in [4.69, 9.17) is 32.7 Å². The van der Waals surface area contributed by atoms with Gasteiger partial charge in [-0.1, -0.05) is 29.3 Å². The molecule has 0 saturated carbocycles. The summed E-state index contributed by atoms with van der Waals surface area (Å²) in [6.45, 7) is 5.08. The second kappa shape index (κ2) is 10.9. The lowest BCUT2D eigenvalue weighted by molar-refractivity contribution is 0.0522. The molecule has 4 rings (SSSR count). The van der Waals surface area contributed by atoms with Crippen molar-refractivity contribution in [2.45, 2.75) is 20.4 Å². The quantitative estimate of drug-likeness (QED) is 0.265. The van der Waals surface area contributed by atoms with Gasteiger partial charge in [0.25, 0.3) is 0 Å². The Morgan fingerprint density at radius 2 is 1.91 bits per heavy atom.